The lowest BCUT2D eigenvalue weighted by molar-refractivity contribution is 0.112. The molecule has 1 heterocycles. The van der Waals surface area contributed by atoms with Gasteiger partial charge < -0.3 is 0 Å². The molecule has 1 aromatic carbocycles. The van der Waals surface area contributed by atoms with Crippen LogP contribution in [0.1, 0.15) is 15.2 Å². The second-order valence-corrected chi connectivity index (χ2v) is 4.62. The highest BCUT2D eigenvalue weighted by molar-refractivity contribution is 7.16. The van der Waals surface area contributed by atoms with E-state index in [1.165, 1.54) is 11.3 Å². The van der Waals surface area contributed by atoms with Gasteiger partial charge in [-0.05, 0) is 29.8 Å². The molecule has 0 saturated heterocycles. The Morgan fingerprint density at radius 1 is 1.31 bits per heavy atom. The number of carbonyl (C=O) groups excluding carboxylic acids is 1. The van der Waals surface area contributed by atoms with E-state index in [9.17, 15) is 4.79 Å². The first-order chi connectivity index (χ1) is 7.74. The van der Waals surface area contributed by atoms with Crippen molar-refractivity contribution in [2.45, 2.75) is 0 Å². The Bertz CT molecular complexity index is 583. The van der Waals surface area contributed by atoms with Gasteiger partial charge in [-0.1, -0.05) is 17.7 Å². The van der Waals surface area contributed by atoms with E-state index >= 15 is 0 Å². The zero-order chi connectivity index (χ0) is 11.5. The van der Waals surface area contributed by atoms with Crippen LogP contribution < -0.4 is 0 Å². The van der Waals surface area contributed by atoms with Crippen LogP contribution >= 0.6 is 22.9 Å². The Balaban J connectivity index is 2.48. The van der Waals surface area contributed by atoms with Gasteiger partial charge in [0.1, 0.15) is 10.9 Å². The van der Waals surface area contributed by atoms with Crippen molar-refractivity contribution in [2.24, 2.45) is 0 Å². The van der Waals surface area contributed by atoms with Gasteiger partial charge >= 0.3 is 0 Å². The summed E-state index contributed by atoms with van der Waals surface area (Å²) in [6.45, 7) is 0. The molecule has 78 valence electrons. The van der Waals surface area contributed by atoms with E-state index in [2.05, 4.69) is 6.07 Å². The van der Waals surface area contributed by atoms with Gasteiger partial charge in [0.05, 0.1) is 5.02 Å². The van der Waals surface area contributed by atoms with Crippen LogP contribution in [0.2, 0.25) is 5.02 Å². The SMILES string of the molecule is N#Cc1ccc(-c2ccc(Cl)c(C=O)c2)s1. The predicted molar refractivity (Wildman–Crippen MR) is 64.9 cm³/mol. The first-order valence-electron chi connectivity index (χ1n) is 4.49. The molecule has 0 aliphatic carbocycles. The second kappa shape index (κ2) is 4.48. The van der Waals surface area contributed by atoms with Gasteiger partial charge in [0.2, 0.25) is 0 Å². The van der Waals surface area contributed by atoms with Gasteiger partial charge in [-0.15, -0.1) is 11.3 Å². The van der Waals surface area contributed by atoms with Crippen molar-refractivity contribution in [3.05, 3.63) is 45.8 Å². The second-order valence-electron chi connectivity index (χ2n) is 3.13. The molecule has 2 aromatic rings. The number of carbonyl (C=O) groups is 1. The minimum absolute atomic E-state index is 0.441. The van der Waals surface area contributed by atoms with E-state index in [1.54, 1.807) is 18.2 Å². The summed E-state index contributed by atoms with van der Waals surface area (Å²) in [5.74, 6) is 0. The van der Waals surface area contributed by atoms with Crippen molar-refractivity contribution in [1.29, 1.82) is 5.26 Å². The monoisotopic (exact) mass is 247 g/mol. The minimum Gasteiger partial charge on any atom is -0.298 e. The summed E-state index contributed by atoms with van der Waals surface area (Å²) >= 11 is 7.23. The molecule has 0 atom stereocenters. The highest BCUT2D eigenvalue weighted by atomic mass is 35.5. The van der Waals surface area contributed by atoms with Crippen molar-refractivity contribution >= 4 is 29.2 Å². The molecule has 4 heteroatoms. The average Bonchev–Trinajstić information content (AvgIpc) is 2.78. The number of hydrogen-bond acceptors (Lipinski definition) is 3. The topological polar surface area (TPSA) is 40.9 Å². The smallest absolute Gasteiger partial charge is 0.151 e. The molecule has 1 aromatic heterocycles. The number of halogens is 1. The van der Waals surface area contributed by atoms with Crippen molar-refractivity contribution < 1.29 is 4.79 Å². The standard InChI is InChI=1S/C12H6ClNOS/c13-11-3-1-8(5-9(11)7-15)12-4-2-10(6-14)16-12/h1-5,7H. The van der Waals surface area contributed by atoms with Gasteiger partial charge in [0.15, 0.2) is 6.29 Å². The van der Waals surface area contributed by atoms with Gasteiger partial charge in [-0.2, -0.15) is 5.26 Å². The Kier molecular flexibility index (Phi) is 3.04. The first kappa shape index (κ1) is 10.9. The minimum atomic E-state index is 0.441. The van der Waals surface area contributed by atoms with Crippen molar-refractivity contribution in [3.8, 4) is 16.5 Å². The van der Waals surface area contributed by atoms with Crippen molar-refractivity contribution in [2.75, 3.05) is 0 Å². The molecule has 0 radical (unpaired) electrons. The van der Waals surface area contributed by atoms with Crippen LogP contribution in [0, 0.1) is 11.3 Å². The van der Waals surface area contributed by atoms with Crippen LogP contribution in [-0.4, -0.2) is 6.29 Å². The third-order valence-electron chi connectivity index (χ3n) is 2.12. The molecule has 0 spiro atoms. The highest BCUT2D eigenvalue weighted by Gasteiger charge is 2.05. The molecule has 2 nitrogen and oxygen atoms in total. The lowest BCUT2D eigenvalue weighted by Crippen LogP contribution is -1.82. The molecule has 0 unspecified atom stereocenters. The summed E-state index contributed by atoms with van der Waals surface area (Å²) in [7, 11) is 0. The zero-order valence-corrected chi connectivity index (χ0v) is 9.68. The fraction of sp³-hybridized carbons (Fsp3) is 0. The van der Waals surface area contributed by atoms with E-state index < -0.39 is 0 Å². The molecule has 0 N–H and O–H groups in total. The Morgan fingerprint density at radius 2 is 2.12 bits per heavy atom. The maximum Gasteiger partial charge on any atom is 0.151 e. The summed E-state index contributed by atoms with van der Waals surface area (Å²) in [6, 6.07) is 10.9. The first-order valence-corrected chi connectivity index (χ1v) is 5.69. The third kappa shape index (κ3) is 1.99. The maximum atomic E-state index is 10.7. The Hall–Kier alpha value is -1.63. The number of thiophene rings is 1. The summed E-state index contributed by atoms with van der Waals surface area (Å²) in [4.78, 5) is 12.3. The van der Waals surface area contributed by atoms with Crippen LogP contribution in [0.4, 0.5) is 0 Å². The number of benzene rings is 1. The highest BCUT2D eigenvalue weighted by Crippen LogP contribution is 2.29. The van der Waals surface area contributed by atoms with E-state index in [-0.39, 0.29) is 0 Å². The number of aldehydes is 1. The van der Waals surface area contributed by atoms with Gasteiger partial charge in [0.25, 0.3) is 0 Å². The van der Waals surface area contributed by atoms with E-state index in [0.717, 1.165) is 16.7 Å². The third-order valence-corrected chi connectivity index (χ3v) is 3.51. The molecular weight excluding hydrogens is 242 g/mol. The van der Waals surface area contributed by atoms with Gasteiger partial charge in [-0.25, -0.2) is 0 Å². The Morgan fingerprint density at radius 3 is 2.75 bits per heavy atom. The lowest BCUT2D eigenvalue weighted by Gasteiger charge is -2.00. The van der Waals surface area contributed by atoms with Crippen LogP contribution in [0.3, 0.4) is 0 Å². The number of nitriles is 1. The summed E-state index contributed by atoms with van der Waals surface area (Å²) in [6.07, 6.45) is 0.727. The van der Waals surface area contributed by atoms with Crippen molar-refractivity contribution in [3.63, 3.8) is 0 Å². The molecule has 0 aliphatic heterocycles. The molecular formula is C12H6ClNOS. The maximum absolute atomic E-state index is 10.7. The van der Waals surface area contributed by atoms with Gasteiger partial charge in [-0.3, -0.25) is 4.79 Å². The zero-order valence-electron chi connectivity index (χ0n) is 8.11. The summed E-state index contributed by atoms with van der Waals surface area (Å²) in [5, 5.41) is 9.17. The number of hydrogen-bond donors (Lipinski definition) is 0. The number of rotatable bonds is 2. The quantitative estimate of drug-likeness (QED) is 0.759. The largest absolute Gasteiger partial charge is 0.298 e. The molecule has 2 rings (SSSR count). The molecule has 0 bridgehead atoms. The molecule has 0 amide bonds. The van der Waals surface area contributed by atoms with Gasteiger partial charge in [0, 0.05) is 10.4 Å². The van der Waals surface area contributed by atoms with Crippen molar-refractivity contribution in [1.82, 2.24) is 0 Å². The Labute approximate surface area is 102 Å². The summed E-state index contributed by atoms with van der Waals surface area (Å²) in [5.41, 5.74) is 1.36. The molecule has 0 saturated carbocycles. The normalized spacial score (nSPS) is 9.75. The molecule has 0 fully saturated rings. The number of nitrogens with zero attached hydrogens (tertiary/aromatic N) is 1. The molecule has 0 aliphatic rings. The molecule has 16 heavy (non-hydrogen) atoms. The fourth-order valence-electron chi connectivity index (χ4n) is 1.34. The van der Waals surface area contributed by atoms with E-state index in [4.69, 9.17) is 16.9 Å². The predicted octanol–water partition coefficient (Wildman–Crippen LogP) is 3.75. The van der Waals surface area contributed by atoms with Crippen LogP contribution in [-0.2, 0) is 0 Å². The van der Waals surface area contributed by atoms with E-state index in [0.29, 0.717) is 15.5 Å². The van der Waals surface area contributed by atoms with Crippen LogP contribution in [0.15, 0.2) is 30.3 Å². The summed E-state index contributed by atoms with van der Waals surface area (Å²) < 4.78 is 0. The fourth-order valence-corrected chi connectivity index (χ4v) is 2.30. The van der Waals surface area contributed by atoms with E-state index in [1.807, 2.05) is 12.1 Å². The lowest BCUT2D eigenvalue weighted by atomic mass is 10.1. The van der Waals surface area contributed by atoms with Crippen LogP contribution in [0.25, 0.3) is 10.4 Å². The van der Waals surface area contributed by atoms with Crippen LogP contribution in [0.5, 0.6) is 0 Å². The average molecular weight is 248 g/mol.